The fourth-order valence-electron chi connectivity index (χ4n) is 7.92. The molecule has 0 saturated carbocycles. The number of amides is 4. The Kier molecular flexibility index (Phi) is 29.5. The first-order valence-electron chi connectivity index (χ1n) is 24.1. The summed E-state index contributed by atoms with van der Waals surface area (Å²) in [4.78, 5) is 106. The second-order valence-corrected chi connectivity index (χ2v) is 17.7. The Balaban J connectivity index is 1.83. The van der Waals surface area contributed by atoms with Crippen molar-refractivity contribution in [3.63, 3.8) is 0 Å². The van der Waals surface area contributed by atoms with E-state index in [2.05, 4.69) is 31.3 Å². The molecule has 1 heterocycles. The van der Waals surface area contributed by atoms with E-state index in [-0.39, 0.29) is 122 Å². The molecule has 0 aromatic heterocycles. The van der Waals surface area contributed by atoms with Gasteiger partial charge in [-0.2, -0.15) is 13.2 Å². The topological polar surface area (TPSA) is 324 Å². The van der Waals surface area contributed by atoms with Gasteiger partial charge in [0.05, 0.1) is 25.2 Å². The number of carbonyl (C=O) groups is 8. The van der Waals surface area contributed by atoms with Gasteiger partial charge in [-0.15, -0.1) is 0 Å². The zero-order valence-electron chi connectivity index (χ0n) is 40.2. The largest absolute Gasteiger partial charge is 0.481 e. The number of nitrogens with one attached hydrogen (secondary N) is 4. The van der Waals surface area contributed by atoms with Crippen molar-refractivity contribution in [2.75, 3.05) is 78.5 Å². The number of benzene rings is 1. The van der Waals surface area contributed by atoms with Crippen LogP contribution in [0.4, 0.5) is 13.2 Å². The molecule has 1 aromatic carbocycles. The molecule has 4 amide bonds. The third-order valence-electron chi connectivity index (χ3n) is 11.8. The van der Waals surface area contributed by atoms with Gasteiger partial charge in [-0.1, -0.05) is 30.1 Å². The van der Waals surface area contributed by atoms with Crippen LogP contribution in [0.2, 0.25) is 0 Å². The lowest BCUT2D eigenvalue weighted by atomic mass is 9.96. The van der Waals surface area contributed by atoms with E-state index in [1.807, 2.05) is 0 Å². The summed E-state index contributed by atoms with van der Waals surface area (Å²) in [7, 11) is 0. The molecule has 1 unspecified atom stereocenters. The van der Waals surface area contributed by atoms with Crippen LogP contribution in [0, 0.1) is 5.92 Å². The highest BCUT2D eigenvalue weighted by atomic mass is 19.4. The minimum absolute atomic E-state index is 0.0366. The number of aliphatic carboxylic acids is 4. The number of carbonyl (C=O) groups excluding carboxylic acids is 4. The summed E-state index contributed by atoms with van der Waals surface area (Å²) in [6.45, 7) is 1.34. The number of carboxylic acid groups (broad SMARTS) is 4. The fraction of sp³-hybridized carbons (Fsp3) is 0.696. The summed E-state index contributed by atoms with van der Waals surface area (Å²) in [5.41, 5.74) is 8.58. The van der Waals surface area contributed by atoms with Crippen molar-refractivity contribution < 1.29 is 72.0 Å². The van der Waals surface area contributed by atoms with E-state index >= 15 is 0 Å². The number of alkyl halides is 3. The second-order valence-electron chi connectivity index (χ2n) is 17.7. The number of aryl methyl sites for hydroxylation is 1. The Morgan fingerprint density at radius 2 is 1.17 bits per heavy atom. The highest BCUT2D eigenvalue weighted by molar-refractivity contribution is 5.88. The second kappa shape index (κ2) is 34.3. The summed E-state index contributed by atoms with van der Waals surface area (Å²) >= 11 is 0. The van der Waals surface area contributed by atoms with Crippen LogP contribution in [0.1, 0.15) is 107 Å². The number of azide groups is 1. The highest BCUT2D eigenvalue weighted by Gasteiger charge is 2.30. The molecule has 2 rings (SSSR count). The molecule has 8 N–H and O–H groups in total. The molecule has 1 saturated heterocycles. The van der Waals surface area contributed by atoms with Gasteiger partial charge in [0.25, 0.3) is 0 Å². The highest BCUT2D eigenvalue weighted by Crippen LogP contribution is 2.29. The molecule has 25 heteroatoms. The third kappa shape index (κ3) is 29.0. The number of unbranched alkanes of at least 4 members (excludes halogenated alkanes) is 4. The van der Waals surface area contributed by atoms with Crippen molar-refractivity contribution in [1.29, 1.82) is 0 Å². The van der Waals surface area contributed by atoms with E-state index in [1.54, 1.807) is 14.7 Å². The average Bonchev–Trinajstić information content (AvgIpc) is 3.29. The number of carboxylic acids is 4. The van der Waals surface area contributed by atoms with Crippen LogP contribution in [-0.2, 0) is 51.0 Å². The lowest BCUT2D eigenvalue weighted by Gasteiger charge is -2.32. The van der Waals surface area contributed by atoms with Gasteiger partial charge in [0, 0.05) is 70.0 Å². The van der Waals surface area contributed by atoms with Crippen LogP contribution in [0.15, 0.2) is 29.4 Å². The molecule has 0 radical (unpaired) electrons. The van der Waals surface area contributed by atoms with E-state index in [1.165, 1.54) is 12.1 Å². The molecule has 0 bridgehead atoms. The van der Waals surface area contributed by atoms with Gasteiger partial charge in [-0.05, 0) is 113 Å². The van der Waals surface area contributed by atoms with Gasteiger partial charge < -0.3 is 41.7 Å². The van der Waals surface area contributed by atoms with Gasteiger partial charge in [0.1, 0.15) is 12.1 Å². The quantitative estimate of drug-likeness (QED) is 0.0222. The fourth-order valence-corrected chi connectivity index (χ4v) is 7.92. The predicted octanol–water partition coefficient (Wildman–Crippen LogP) is 3.49. The van der Waals surface area contributed by atoms with Crippen LogP contribution >= 0.6 is 0 Å². The Morgan fingerprint density at radius 3 is 1.75 bits per heavy atom. The van der Waals surface area contributed by atoms with Crippen molar-refractivity contribution in [2.24, 2.45) is 11.0 Å². The average molecular weight is 1010 g/mol. The minimum Gasteiger partial charge on any atom is -0.481 e. The monoisotopic (exact) mass is 1010 g/mol. The molecule has 0 aliphatic carbocycles. The van der Waals surface area contributed by atoms with Crippen LogP contribution in [0.5, 0.6) is 0 Å². The van der Waals surface area contributed by atoms with Crippen molar-refractivity contribution >= 4 is 47.5 Å². The lowest BCUT2D eigenvalue weighted by Crippen LogP contribution is -2.51. The van der Waals surface area contributed by atoms with E-state index in [0.29, 0.717) is 76.2 Å². The normalized spacial score (nSPS) is 16.2. The molecule has 1 aromatic rings. The Morgan fingerprint density at radius 1 is 0.634 bits per heavy atom. The summed E-state index contributed by atoms with van der Waals surface area (Å²) in [6.07, 6.45) is 0.678. The molecule has 71 heavy (non-hydrogen) atoms. The minimum atomic E-state index is -4.42. The van der Waals surface area contributed by atoms with Crippen LogP contribution in [0.25, 0.3) is 10.4 Å². The molecule has 3 atom stereocenters. The smallest absolute Gasteiger partial charge is 0.416 e. The van der Waals surface area contributed by atoms with E-state index in [4.69, 9.17) is 5.53 Å². The maximum Gasteiger partial charge on any atom is 0.416 e. The van der Waals surface area contributed by atoms with E-state index in [0.717, 1.165) is 12.1 Å². The standard InChI is InChI=1S/C46H71F3N10O12/c47-46(48,49)35-16-14-33(15-17-35)9-8-13-38(60)51-20-6-3-11-37(45(70)71)55-39(61)12-2-1-5-21-52-44(69)36(10-4-7-22-53-56-50)54-40(62)30-57-23-18-34(29-41(63)64)19-24-58(31-42(65)66)26-28-59(27-25-57)32-43(67)68/h14-17,34,36-37H,1-13,18-32H2,(H,51,60)(H,52,69)(H,54,62)(H,55,61)(H,63,64)(H,65,66)(H,67,68)(H,70,71)/t34?,36-,37+/m0/s1. The zero-order chi connectivity index (χ0) is 52.6. The first-order valence-corrected chi connectivity index (χ1v) is 24.1. The summed E-state index contributed by atoms with van der Waals surface area (Å²) < 4.78 is 38.3. The van der Waals surface area contributed by atoms with Crippen molar-refractivity contribution in [1.82, 2.24) is 36.0 Å². The first-order chi connectivity index (χ1) is 33.7. The molecular formula is C46H71F3N10O12. The van der Waals surface area contributed by atoms with Crippen molar-refractivity contribution in [2.45, 2.75) is 121 Å². The summed E-state index contributed by atoms with van der Waals surface area (Å²) in [6, 6.07) is 2.67. The number of rotatable bonds is 32. The molecule has 1 aliphatic heterocycles. The number of nitrogens with zero attached hydrogens (tertiary/aromatic N) is 6. The van der Waals surface area contributed by atoms with Crippen LogP contribution in [-0.4, -0.2) is 173 Å². The molecular weight excluding hydrogens is 942 g/mol. The Bertz CT molecular complexity index is 1870. The van der Waals surface area contributed by atoms with Crippen LogP contribution in [0.3, 0.4) is 0 Å². The number of hydrogen-bond donors (Lipinski definition) is 8. The summed E-state index contributed by atoms with van der Waals surface area (Å²) in [5.74, 6) is -6.36. The summed E-state index contributed by atoms with van der Waals surface area (Å²) in [5, 5.41) is 52.5. The first kappa shape index (κ1) is 61.1. The number of halogens is 3. The Hall–Kier alpha value is -6.04. The lowest BCUT2D eigenvalue weighted by molar-refractivity contribution is -0.142. The molecule has 398 valence electrons. The van der Waals surface area contributed by atoms with Gasteiger partial charge in [0.2, 0.25) is 23.6 Å². The molecule has 1 fully saturated rings. The maximum atomic E-state index is 13.5. The van der Waals surface area contributed by atoms with E-state index in [9.17, 15) is 72.0 Å². The van der Waals surface area contributed by atoms with Crippen molar-refractivity contribution in [3.05, 3.63) is 45.8 Å². The maximum absolute atomic E-state index is 13.5. The van der Waals surface area contributed by atoms with E-state index < -0.39 is 65.4 Å². The Labute approximate surface area is 411 Å². The van der Waals surface area contributed by atoms with Crippen molar-refractivity contribution in [3.8, 4) is 0 Å². The molecule has 1 aliphatic rings. The van der Waals surface area contributed by atoms with Gasteiger partial charge >= 0.3 is 30.1 Å². The van der Waals surface area contributed by atoms with Gasteiger partial charge in [0.15, 0.2) is 0 Å². The van der Waals surface area contributed by atoms with Gasteiger partial charge in [-0.25, -0.2) is 4.79 Å². The SMILES string of the molecule is [N-]=[N+]=NCCCC[C@H](NC(=O)CN1CCC(CC(=O)O)CCN(CC(=O)O)CCN(CC(=O)O)CC1)C(=O)NCCCCCC(=O)N[C@H](CCCCNC(=O)CCCc1ccc(C(F)(F)F)cc1)C(=O)O. The molecule has 22 nitrogen and oxygen atoms in total. The van der Waals surface area contributed by atoms with Gasteiger partial charge in [-0.3, -0.25) is 48.3 Å². The van der Waals surface area contributed by atoms with Crippen LogP contribution < -0.4 is 21.3 Å². The predicted molar refractivity (Wildman–Crippen MR) is 252 cm³/mol. The molecule has 0 spiro atoms. The third-order valence-corrected chi connectivity index (χ3v) is 11.8. The number of hydrogen-bond acceptors (Lipinski definition) is 12. The zero-order valence-corrected chi connectivity index (χ0v) is 40.2.